The minimum absolute atomic E-state index is 0.171. The quantitative estimate of drug-likeness (QED) is 0.603. The molecule has 1 unspecified atom stereocenters. The molecule has 0 aliphatic rings. The molecule has 0 bridgehead atoms. The summed E-state index contributed by atoms with van der Waals surface area (Å²) >= 11 is 7.06. The Hall–Kier alpha value is -1.50. The van der Waals surface area contributed by atoms with Crippen molar-refractivity contribution in [3.63, 3.8) is 0 Å². The van der Waals surface area contributed by atoms with E-state index in [9.17, 15) is 0 Å². The average Bonchev–Trinajstić information content (AvgIpc) is 3.02. The van der Waals surface area contributed by atoms with Gasteiger partial charge in [-0.3, -0.25) is 0 Å². The zero-order valence-corrected chi connectivity index (χ0v) is 15.6. The van der Waals surface area contributed by atoms with Crippen molar-refractivity contribution in [1.29, 1.82) is 0 Å². The molecule has 0 amide bonds. The van der Waals surface area contributed by atoms with E-state index in [-0.39, 0.29) is 6.04 Å². The summed E-state index contributed by atoms with van der Waals surface area (Å²) in [6.45, 7) is 2.62. The number of rotatable bonds is 5. The van der Waals surface area contributed by atoms with Gasteiger partial charge in [0.2, 0.25) is 11.8 Å². The number of benzene rings is 2. The van der Waals surface area contributed by atoms with Crippen LogP contribution in [-0.2, 0) is 6.54 Å². The summed E-state index contributed by atoms with van der Waals surface area (Å²) in [7, 11) is 0. The SMILES string of the molecule is CC(NCc1nnc(-c2ccccc2Br)o1)c1ccccc1Br. The van der Waals surface area contributed by atoms with Gasteiger partial charge < -0.3 is 9.73 Å². The van der Waals surface area contributed by atoms with Gasteiger partial charge in [-0.05, 0) is 46.6 Å². The number of hydrogen-bond acceptors (Lipinski definition) is 4. The van der Waals surface area contributed by atoms with Gasteiger partial charge in [-0.15, -0.1) is 10.2 Å². The minimum atomic E-state index is 0.171. The molecule has 0 fully saturated rings. The van der Waals surface area contributed by atoms with Crippen LogP contribution in [0.15, 0.2) is 61.9 Å². The van der Waals surface area contributed by atoms with Gasteiger partial charge in [0, 0.05) is 15.0 Å². The number of hydrogen-bond donors (Lipinski definition) is 1. The smallest absolute Gasteiger partial charge is 0.248 e. The Morgan fingerprint density at radius 2 is 1.70 bits per heavy atom. The van der Waals surface area contributed by atoms with Gasteiger partial charge in [-0.25, -0.2) is 0 Å². The Bertz CT molecular complexity index is 804. The topological polar surface area (TPSA) is 51.0 Å². The Kier molecular flexibility index (Phi) is 5.25. The maximum Gasteiger partial charge on any atom is 0.248 e. The molecule has 1 atom stereocenters. The first-order valence-corrected chi connectivity index (χ1v) is 8.79. The van der Waals surface area contributed by atoms with E-state index < -0.39 is 0 Å². The van der Waals surface area contributed by atoms with Crippen LogP contribution in [0.4, 0.5) is 0 Å². The van der Waals surface area contributed by atoms with Crippen LogP contribution in [0, 0.1) is 0 Å². The van der Waals surface area contributed by atoms with Gasteiger partial charge in [-0.2, -0.15) is 0 Å². The van der Waals surface area contributed by atoms with Crippen molar-refractivity contribution in [2.45, 2.75) is 19.5 Å². The molecule has 0 saturated heterocycles. The first-order valence-electron chi connectivity index (χ1n) is 7.20. The standard InChI is InChI=1S/C17H15Br2N3O/c1-11(12-6-2-4-8-14(12)18)20-10-16-21-22-17(23-16)13-7-3-5-9-15(13)19/h2-9,11,20H,10H2,1H3. The fraction of sp³-hybridized carbons (Fsp3) is 0.176. The second-order valence-electron chi connectivity index (χ2n) is 5.10. The van der Waals surface area contributed by atoms with Crippen LogP contribution in [0.5, 0.6) is 0 Å². The molecule has 23 heavy (non-hydrogen) atoms. The summed E-state index contributed by atoms with van der Waals surface area (Å²) < 4.78 is 7.76. The van der Waals surface area contributed by atoms with E-state index in [1.54, 1.807) is 0 Å². The van der Waals surface area contributed by atoms with E-state index in [0.29, 0.717) is 18.3 Å². The second kappa shape index (κ2) is 7.38. The maximum absolute atomic E-state index is 5.74. The molecular formula is C17H15Br2N3O. The summed E-state index contributed by atoms with van der Waals surface area (Å²) in [6, 6.07) is 16.1. The summed E-state index contributed by atoms with van der Waals surface area (Å²) in [5, 5.41) is 11.6. The zero-order chi connectivity index (χ0) is 16.2. The Labute approximate surface area is 151 Å². The van der Waals surface area contributed by atoms with E-state index >= 15 is 0 Å². The molecule has 3 aromatic rings. The molecule has 6 heteroatoms. The first kappa shape index (κ1) is 16.4. The van der Waals surface area contributed by atoms with E-state index in [0.717, 1.165) is 14.5 Å². The van der Waals surface area contributed by atoms with E-state index in [2.05, 4.69) is 60.4 Å². The highest BCUT2D eigenvalue weighted by molar-refractivity contribution is 9.10. The van der Waals surface area contributed by atoms with Gasteiger partial charge in [0.05, 0.1) is 12.1 Å². The van der Waals surface area contributed by atoms with Gasteiger partial charge in [-0.1, -0.05) is 46.3 Å². The third-order valence-corrected chi connectivity index (χ3v) is 4.92. The number of aromatic nitrogens is 2. The van der Waals surface area contributed by atoms with E-state index in [1.165, 1.54) is 5.56 Å². The van der Waals surface area contributed by atoms with E-state index in [4.69, 9.17) is 4.42 Å². The highest BCUT2D eigenvalue weighted by atomic mass is 79.9. The molecule has 0 aliphatic heterocycles. The lowest BCUT2D eigenvalue weighted by Gasteiger charge is -2.14. The van der Waals surface area contributed by atoms with Crippen LogP contribution in [-0.4, -0.2) is 10.2 Å². The zero-order valence-electron chi connectivity index (χ0n) is 12.5. The van der Waals surface area contributed by atoms with Crippen molar-refractivity contribution in [2.24, 2.45) is 0 Å². The van der Waals surface area contributed by atoms with Crippen molar-refractivity contribution < 1.29 is 4.42 Å². The third-order valence-electron chi connectivity index (χ3n) is 3.50. The van der Waals surface area contributed by atoms with Crippen molar-refractivity contribution in [2.75, 3.05) is 0 Å². The van der Waals surface area contributed by atoms with Gasteiger partial charge in [0.1, 0.15) is 0 Å². The molecule has 118 valence electrons. The second-order valence-corrected chi connectivity index (χ2v) is 6.81. The molecule has 1 heterocycles. The highest BCUT2D eigenvalue weighted by Crippen LogP contribution is 2.27. The summed E-state index contributed by atoms with van der Waals surface area (Å²) in [5.74, 6) is 1.08. The van der Waals surface area contributed by atoms with Gasteiger partial charge >= 0.3 is 0 Å². The highest BCUT2D eigenvalue weighted by Gasteiger charge is 2.13. The van der Waals surface area contributed by atoms with Crippen molar-refractivity contribution in [3.8, 4) is 11.5 Å². The van der Waals surface area contributed by atoms with Crippen LogP contribution >= 0.6 is 31.9 Å². The lowest BCUT2D eigenvalue weighted by Crippen LogP contribution is -2.18. The predicted molar refractivity (Wildman–Crippen MR) is 96.8 cm³/mol. The number of halogens is 2. The Morgan fingerprint density at radius 3 is 2.43 bits per heavy atom. The minimum Gasteiger partial charge on any atom is -0.419 e. The van der Waals surface area contributed by atoms with Crippen LogP contribution in [0.2, 0.25) is 0 Å². The molecule has 2 aromatic carbocycles. The molecule has 4 nitrogen and oxygen atoms in total. The third kappa shape index (κ3) is 3.88. The molecule has 0 spiro atoms. The van der Waals surface area contributed by atoms with Crippen molar-refractivity contribution in [3.05, 3.63) is 68.9 Å². The van der Waals surface area contributed by atoms with Crippen molar-refractivity contribution >= 4 is 31.9 Å². The molecule has 1 N–H and O–H groups in total. The molecule has 0 saturated carbocycles. The fourth-order valence-electron chi connectivity index (χ4n) is 2.25. The van der Waals surface area contributed by atoms with Crippen LogP contribution in [0.25, 0.3) is 11.5 Å². The van der Waals surface area contributed by atoms with Crippen LogP contribution in [0.1, 0.15) is 24.4 Å². The van der Waals surface area contributed by atoms with E-state index in [1.807, 2.05) is 42.5 Å². The maximum atomic E-state index is 5.74. The van der Waals surface area contributed by atoms with Crippen LogP contribution < -0.4 is 5.32 Å². The summed E-state index contributed by atoms with van der Waals surface area (Å²) in [4.78, 5) is 0. The Morgan fingerprint density at radius 1 is 1.00 bits per heavy atom. The van der Waals surface area contributed by atoms with Crippen LogP contribution in [0.3, 0.4) is 0 Å². The predicted octanol–water partition coefficient (Wildman–Crippen LogP) is 5.11. The fourth-order valence-corrected chi connectivity index (χ4v) is 3.33. The molecule has 3 rings (SSSR count). The average molecular weight is 437 g/mol. The normalized spacial score (nSPS) is 12.3. The molecular weight excluding hydrogens is 422 g/mol. The lowest BCUT2D eigenvalue weighted by molar-refractivity contribution is 0.454. The first-order chi connectivity index (χ1) is 11.1. The largest absolute Gasteiger partial charge is 0.419 e. The number of nitrogens with zero attached hydrogens (tertiary/aromatic N) is 2. The van der Waals surface area contributed by atoms with Crippen molar-refractivity contribution in [1.82, 2.24) is 15.5 Å². The monoisotopic (exact) mass is 435 g/mol. The molecule has 1 aromatic heterocycles. The van der Waals surface area contributed by atoms with Gasteiger partial charge in [0.15, 0.2) is 0 Å². The summed E-state index contributed by atoms with van der Waals surface area (Å²) in [5.41, 5.74) is 2.09. The Balaban J connectivity index is 1.68. The summed E-state index contributed by atoms with van der Waals surface area (Å²) in [6.07, 6.45) is 0. The molecule has 0 radical (unpaired) electrons. The molecule has 0 aliphatic carbocycles. The van der Waals surface area contributed by atoms with Gasteiger partial charge in [0.25, 0.3) is 0 Å². The lowest BCUT2D eigenvalue weighted by atomic mass is 10.1. The number of nitrogens with one attached hydrogen (secondary N) is 1.